The molecular weight excluding hydrogens is 228 g/mol. The van der Waals surface area contributed by atoms with Crippen molar-refractivity contribution in [1.82, 2.24) is 10.2 Å². The quantitative estimate of drug-likeness (QED) is 0.855. The summed E-state index contributed by atoms with van der Waals surface area (Å²) in [5.41, 5.74) is 8.35. The van der Waals surface area contributed by atoms with Gasteiger partial charge in [-0.25, -0.2) is 0 Å². The van der Waals surface area contributed by atoms with Crippen LogP contribution in [0.2, 0.25) is 0 Å². The average Bonchev–Trinajstić information content (AvgIpc) is 2.70. The first-order valence-corrected chi connectivity index (χ1v) is 6.24. The number of fused-ring (bicyclic) bond motifs is 1. The van der Waals surface area contributed by atoms with E-state index >= 15 is 0 Å². The number of H-pyrrole nitrogens is 1. The highest BCUT2D eigenvalue weighted by Gasteiger charge is 2.35. The number of nitrogens with zero attached hydrogens (tertiary/aromatic N) is 2. The van der Waals surface area contributed by atoms with Crippen molar-refractivity contribution in [1.29, 1.82) is 5.26 Å². The summed E-state index contributed by atoms with van der Waals surface area (Å²) < 4.78 is 5.44. The van der Waals surface area contributed by atoms with Gasteiger partial charge < -0.3 is 10.5 Å². The standard InChI is InChI=1S/C13H18N4O/c1-4-5-9-11-10(7(2)3)8(6-14)12(15)18-13(11)17-16-9/h7,10H,4-5,15H2,1-3H3,(H,16,17)/t10-/m1/s1. The van der Waals surface area contributed by atoms with E-state index in [1.807, 2.05) is 0 Å². The molecule has 0 aromatic carbocycles. The number of aromatic nitrogens is 2. The fourth-order valence-electron chi connectivity index (χ4n) is 2.45. The molecule has 0 saturated heterocycles. The normalized spacial score (nSPS) is 18.5. The minimum Gasteiger partial charge on any atom is -0.420 e. The fraction of sp³-hybridized carbons (Fsp3) is 0.538. The summed E-state index contributed by atoms with van der Waals surface area (Å²) in [5, 5.41) is 16.4. The maximum atomic E-state index is 9.27. The van der Waals surface area contributed by atoms with Crippen LogP contribution in [-0.4, -0.2) is 10.2 Å². The predicted molar refractivity (Wildman–Crippen MR) is 67.6 cm³/mol. The Hall–Kier alpha value is -1.96. The van der Waals surface area contributed by atoms with Crippen molar-refractivity contribution in [2.45, 2.75) is 39.5 Å². The molecule has 1 aromatic heterocycles. The summed E-state index contributed by atoms with van der Waals surface area (Å²) in [5.74, 6) is 0.944. The van der Waals surface area contributed by atoms with Crippen LogP contribution in [0.1, 0.15) is 44.4 Å². The molecule has 5 heteroatoms. The molecule has 0 radical (unpaired) electrons. The smallest absolute Gasteiger partial charge is 0.243 e. The number of aryl methyl sites for hydroxylation is 1. The van der Waals surface area contributed by atoms with Gasteiger partial charge in [0.05, 0.1) is 5.57 Å². The predicted octanol–water partition coefficient (Wildman–Crippen LogP) is 2.19. The Bertz CT molecular complexity index is 522. The summed E-state index contributed by atoms with van der Waals surface area (Å²) in [7, 11) is 0. The van der Waals surface area contributed by atoms with Crippen molar-refractivity contribution >= 4 is 0 Å². The van der Waals surface area contributed by atoms with E-state index in [2.05, 4.69) is 37.0 Å². The van der Waals surface area contributed by atoms with Crippen molar-refractivity contribution in [3.8, 4) is 11.9 Å². The summed E-state index contributed by atoms with van der Waals surface area (Å²) in [6.07, 6.45) is 1.91. The van der Waals surface area contributed by atoms with Gasteiger partial charge in [-0.3, -0.25) is 5.10 Å². The first kappa shape index (κ1) is 12.5. The Morgan fingerprint density at radius 1 is 1.56 bits per heavy atom. The van der Waals surface area contributed by atoms with Gasteiger partial charge in [-0.05, 0) is 12.3 Å². The Labute approximate surface area is 107 Å². The fourth-order valence-corrected chi connectivity index (χ4v) is 2.45. The van der Waals surface area contributed by atoms with E-state index < -0.39 is 0 Å². The number of nitriles is 1. The van der Waals surface area contributed by atoms with Gasteiger partial charge in [0.15, 0.2) is 0 Å². The third-order valence-electron chi connectivity index (χ3n) is 3.23. The first-order chi connectivity index (χ1) is 8.60. The minimum absolute atomic E-state index is 0.0287. The number of allylic oxidation sites excluding steroid dienone is 1. The van der Waals surface area contributed by atoms with Crippen molar-refractivity contribution in [2.75, 3.05) is 0 Å². The molecule has 0 saturated carbocycles. The third kappa shape index (κ3) is 1.84. The van der Waals surface area contributed by atoms with Crippen LogP contribution < -0.4 is 10.5 Å². The molecule has 0 bridgehead atoms. The van der Waals surface area contributed by atoms with Gasteiger partial charge in [-0.15, -0.1) is 5.10 Å². The molecule has 5 nitrogen and oxygen atoms in total. The molecule has 0 fully saturated rings. The lowest BCUT2D eigenvalue weighted by atomic mass is 9.81. The second-order valence-corrected chi connectivity index (χ2v) is 4.88. The van der Waals surface area contributed by atoms with Gasteiger partial charge in [-0.2, -0.15) is 5.26 Å². The van der Waals surface area contributed by atoms with Crippen LogP contribution in [0.5, 0.6) is 5.88 Å². The Kier molecular flexibility index (Phi) is 3.28. The largest absolute Gasteiger partial charge is 0.420 e. The van der Waals surface area contributed by atoms with E-state index in [9.17, 15) is 5.26 Å². The lowest BCUT2D eigenvalue weighted by molar-refractivity contribution is 0.359. The van der Waals surface area contributed by atoms with Crippen molar-refractivity contribution in [3.63, 3.8) is 0 Å². The summed E-state index contributed by atoms with van der Waals surface area (Å²) in [6, 6.07) is 2.17. The number of aromatic amines is 1. The molecule has 0 unspecified atom stereocenters. The number of ether oxygens (including phenoxy) is 1. The van der Waals surface area contributed by atoms with E-state index in [4.69, 9.17) is 10.5 Å². The van der Waals surface area contributed by atoms with E-state index in [0.717, 1.165) is 24.1 Å². The SMILES string of the molecule is CCCc1[nH]nc2c1[C@H](C(C)C)C(C#N)=C(N)O2. The van der Waals surface area contributed by atoms with E-state index in [-0.39, 0.29) is 17.7 Å². The van der Waals surface area contributed by atoms with Crippen LogP contribution in [0.15, 0.2) is 11.5 Å². The van der Waals surface area contributed by atoms with Gasteiger partial charge in [0.25, 0.3) is 0 Å². The molecule has 0 amide bonds. The van der Waals surface area contributed by atoms with Gasteiger partial charge in [0.2, 0.25) is 11.8 Å². The lowest BCUT2D eigenvalue weighted by Crippen LogP contribution is -2.23. The van der Waals surface area contributed by atoms with Crippen molar-refractivity contribution in [3.05, 3.63) is 22.7 Å². The minimum atomic E-state index is -0.0287. The second-order valence-electron chi connectivity index (χ2n) is 4.88. The summed E-state index contributed by atoms with van der Waals surface area (Å²) in [6.45, 7) is 6.26. The number of hydrogen-bond donors (Lipinski definition) is 2. The van der Waals surface area contributed by atoms with Crippen LogP contribution in [-0.2, 0) is 6.42 Å². The van der Waals surface area contributed by atoms with Crippen molar-refractivity contribution < 1.29 is 4.74 Å². The lowest BCUT2D eigenvalue weighted by Gasteiger charge is -2.26. The first-order valence-electron chi connectivity index (χ1n) is 6.24. The second kappa shape index (κ2) is 4.73. The molecular formula is C13H18N4O. The van der Waals surface area contributed by atoms with Crippen molar-refractivity contribution in [2.24, 2.45) is 11.7 Å². The monoisotopic (exact) mass is 246 g/mol. The molecule has 3 N–H and O–H groups in total. The van der Waals surface area contributed by atoms with E-state index in [1.54, 1.807) is 0 Å². The average molecular weight is 246 g/mol. The molecule has 2 rings (SSSR count). The molecule has 2 heterocycles. The number of rotatable bonds is 3. The Morgan fingerprint density at radius 3 is 2.83 bits per heavy atom. The summed E-state index contributed by atoms with van der Waals surface area (Å²) >= 11 is 0. The van der Waals surface area contributed by atoms with E-state index in [1.165, 1.54) is 0 Å². The number of nitrogens with two attached hydrogens (primary N) is 1. The van der Waals surface area contributed by atoms with Crippen LogP contribution in [0.3, 0.4) is 0 Å². The third-order valence-corrected chi connectivity index (χ3v) is 3.23. The number of hydrogen-bond acceptors (Lipinski definition) is 4. The molecule has 1 aliphatic rings. The molecule has 1 aliphatic heterocycles. The molecule has 1 atom stereocenters. The Balaban J connectivity index is 2.54. The molecule has 0 spiro atoms. The maximum Gasteiger partial charge on any atom is 0.243 e. The molecule has 0 aliphatic carbocycles. The zero-order valence-electron chi connectivity index (χ0n) is 10.9. The van der Waals surface area contributed by atoms with Gasteiger partial charge >= 0.3 is 0 Å². The highest BCUT2D eigenvalue weighted by Crippen LogP contribution is 2.42. The van der Waals surface area contributed by atoms with Crippen LogP contribution >= 0.6 is 0 Å². The summed E-state index contributed by atoms with van der Waals surface area (Å²) in [4.78, 5) is 0. The zero-order valence-corrected chi connectivity index (χ0v) is 10.9. The molecule has 18 heavy (non-hydrogen) atoms. The Morgan fingerprint density at radius 2 is 2.28 bits per heavy atom. The van der Waals surface area contributed by atoms with Crippen LogP contribution in [0, 0.1) is 17.2 Å². The van der Waals surface area contributed by atoms with Gasteiger partial charge in [0.1, 0.15) is 6.07 Å². The van der Waals surface area contributed by atoms with Gasteiger partial charge in [-0.1, -0.05) is 27.2 Å². The van der Waals surface area contributed by atoms with Gasteiger partial charge in [0, 0.05) is 17.2 Å². The molecule has 1 aromatic rings. The number of nitrogens with one attached hydrogen (secondary N) is 1. The maximum absolute atomic E-state index is 9.27. The van der Waals surface area contributed by atoms with Crippen LogP contribution in [0.25, 0.3) is 0 Å². The topological polar surface area (TPSA) is 87.7 Å². The van der Waals surface area contributed by atoms with E-state index in [0.29, 0.717) is 11.5 Å². The highest BCUT2D eigenvalue weighted by molar-refractivity contribution is 5.49. The molecule has 96 valence electrons. The highest BCUT2D eigenvalue weighted by atomic mass is 16.5. The van der Waals surface area contributed by atoms with Crippen LogP contribution in [0.4, 0.5) is 0 Å². The zero-order chi connectivity index (χ0) is 13.3.